The highest BCUT2D eigenvalue weighted by Crippen LogP contribution is 2.61. The Kier molecular flexibility index (Phi) is 4.17. The first-order valence-electron chi connectivity index (χ1n) is 10.9. The molecule has 0 saturated heterocycles. The maximum absolute atomic E-state index is 12.6. The molecule has 0 N–H and O–H groups in total. The minimum atomic E-state index is -0.334. The molecule has 7 rings (SSSR count). The van der Waals surface area contributed by atoms with Crippen LogP contribution in [0.15, 0.2) is 47.3 Å². The predicted molar refractivity (Wildman–Crippen MR) is 115 cm³/mol. The fourth-order valence-electron chi connectivity index (χ4n) is 6.51. The molecule has 0 unspecified atom stereocenters. The number of halogens is 1. The molecule has 2 heterocycles. The van der Waals surface area contributed by atoms with Crippen LogP contribution in [-0.2, 0) is 16.1 Å². The van der Waals surface area contributed by atoms with Gasteiger partial charge in [0.25, 0.3) is 0 Å². The number of hydrogen-bond acceptors (Lipinski definition) is 4. The molecular formula is C24H24ClN3O2. The van der Waals surface area contributed by atoms with Crippen LogP contribution in [0.4, 0.5) is 0 Å². The molecule has 1 aliphatic heterocycles. The first-order chi connectivity index (χ1) is 14.6. The van der Waals surface area contributed by atoms with Gasteiger partial charge in [0, 0.05) is 22.2 Å². The monoisotopic (exact) mass is 421 g/mol. The van der Waals surface area contributed by atoms with Crippen molar-refractivity contribution in [1.82, 2.24) is 9.78 Å². The highest BCUT2D eigenvalue weighted by atomic mass is 35.5. The Morgan fingerprint density at radius 3 is 2.53 bits per heavy atom. The molecule has 6 heteroatoms. The summed E-state index contributed by atoms with van der Waals surface area (Å²) in [7, 11) is 0. The molecule has 2 aromatic rings. The lowest BCUT2D eigenvalue weighted by Crippen LogP contribution is -2.50. The number of benzene rings is 1. The highest BCUT2D eigenvalue weighted by molar-refractivity contribution is 6.31. The Hall–Kier alpha value is -2.40. The molecule has 4 aliphatic carbocycles. The topological polar surface area (TPSA) is 56.5 Å². The van der Waals surface area contributed by atoms with E-state index in [4.69, 9.17) is 21.3 Å². The van der Waals surface area contributed by atoms with Crippen molar-refractivity contribution in [3.8, 4) is 0 Å². The van der Waals surface area contributed by atoms with Gasteiger partial charge >= 0.3 is 5.97 Å². The number of rotatable bonds is 4. The maximum atomic E-state index is 12.6. The second-order valence-electron chi connectivity index (χ2n) is 9.60. The van der Waals surface area contributed by atoms with Gasteiger partial charge in [-0.3, -0.25) is 4.68 Å². The number of nitrogens with zero attached hydrogens (tertiary/aromatic N) is 3. The van der Waals surface area contributed by atoms with Crippen LogP contribution < -0.4 is 0 Å². The third-order valence-electron chi connectivity index (χ3n) is 7.36. The number of cyclic esters (lactones) is 1. The fourth-order valence-corrected chi connectivity index (χ4v) is 6.70. The van der Waals surface area contributed by atoms with E-state index in [2.05, 4.69) is 5.10 Å². The van der Waals surface area contributed by atoms with Gasteiger partial charge in [-0.1, -0.05) is 29.8 Å². The molecule has 4 fully saturated rings. The number of carbonyl (C=O) groups excluding carboxylic acids is 1. The van der Waals surface area contributed by atoms with Crippen molar-refractivity contribution in [2.45, 2.75) is 45.1 Å². The summed E-state index contributed by atoms with van der Waals surface area (Å²) in [6, 6.07) is 7.73. The first-order valence-corrected chi connectivity index (χ1v) is 11.2. The number of carbonyl (C=O) groups is 1. The third kappa shape index (κ3) is 3.11. The second-order valence-corrected chi connectivity index (χ2v) is 10.0. The van der Waals surface area contributed by atoms with Gasteiger partial charge < -0.3 is 4.74 Å². The molecule has 4 bridgehead atoms. The zero-order valence-corrected chi connectivity index (χ0v) is 17.5. The number of aromatic nitrogens is 2. The molecule has 0 atom stereocenters. The zero-order valence-electron chi connectivity index (χ0n) is 16.8. The summed E-state index contributed by atoms with van der Waals surface area (Å²) in [5, 5.41) is 5.13. The standard InChI is InChI=1S/C24H24ClN3O2/c25-20-4-2-1-3-19(20)14-28-13-18(12-26-28)8-21-22(29)30-23(27-21)24-9-15-5-16(10-24)7-17(6-15)11-24/h1-4,8,12-13,15-17H,5-7,9-11,14H2. The van der Waals surface area contributed by atoms with Gasteiger partial charge in [0.1, 0.15) is 0 Å². The van der Waals surface area contributed by atoms with Gasteiger partial charge in [-0.25, -0.2) is 9.79 Å². The van der Waals surface area contributed by atoms with Gasteiger partial charge in [0.2, 0.25) is 5.90 Å². The van der Waals surface area contributed by atoms with E-state index < -0.39 is 0 Å². The Morgan fingerprint density at radius 1 is 1.13 bits per heavy atom. The van der Waals surface area contributed by atoms with Crippen LogP contribution in [0.3, 0.4) is 0 Å². The Balaban J connectivity index is 1.24. The lowest BCUT2D eigenvalue weighted by molar-refractivity contribution is -0.131. The Bertz CT molecular complexity index is 1050. The molecule has 4 saturated carbocycles. The van der Waals surface area contributed by atoms with Crippen LogP contribution in [0.5, 0.6) is 0 Å². The van der Waals surface area contributed by atoms with Crippen LogP contribution in [0.25, 0.3) is 6.08 Å². The summed E-state index contributed by atoms with van der Waals surface area (Å²) in [5.74, 6) is 2.71. The Morgan fingerprint density at radius 2 is 1.83 bits per heavy atom. The van der Waals surface area contributed by atoms with E-state index in [1.807, 2.05) is 35.1 Å². The van der Waals surface area contributed by atoms with Crippen molar-refractivity contribution < 1.29 is 9.53 Å². The highest BCUT2D eigenvalue weighted by Gasteiger charge is 2.55. The van der Waals surface area contributed by atoms with Gasteiger partial charge in [-0.2, -0.15) is 5.10 Å². The summed E-state index contributed by atoms with van der Waals surface area (Å²) in [5.41, 5.74) is 2.22. The number of esters is 1. The summed E-state index contributed by atoms with van der Waals surface area (Å²) in [4.78, 5) is 17.3. The molecule has 5 aliphatic rings. The van der Waals surface area contributed by atoms with Gasteiger partial charge in [-0.05, 0) is 74.0 Å². The van der Waals surface area contributed by atoms with Gasteiger partial charge in [-0.15, -0.1) is 0 Å². The molecule has 30 heavy (non-hydrogen) atoms. The van der Waals surface area contributed by atoms with Gasteiger partial charge in [0.15, 0.2) is 5.70 Å². The van der Waals surface area contributed by atoms with E-state index in [1.165, 1.54) is 19.3 Å². The quantitative estimate of drug-likeness (QED) is 0.510. The molecule has 0 spiro atoms. The average Bonchev–Trinajstić information content (AvgIpc) is 3.30. The number of aliphatic imine (C=N–C) groups is 1. The van der Waals surface area contributed by atoms with Crippen LogP contribution >= 0.6 is 11.6 Å². The van der Waals surface area contributed by atoms with Crippen molar-refractivity contribution in [2.24, 2.45) is 28.2 Å². The van der Waals surface area contributed by atoms with Crippen molar-refractivity contribution >= 4 is 29.5 Å². The summed E-state index contributed by atoms with van der Waals surface area (Å²) in [6.45, 7) is 0.578. The van der Waals surface area contributed by atoms with E-state index in [0.717, 1.165) is 53.2 Å². The molecule has 1 aromatic heterocycles. The van der Waals surface area contributed by atoms with Crippen LogP contribution in [0.2, 0.25) is 5.02 Å². The first kappa shape index (κ1) is 18.4. The summed E-state index contributed by atoms with van der Waals surface area (Å²) >= 11 is 6.25. The lowest BCUT2D eigenvalue weighted by Gasteiger charge is -2.55. The van der Waals surface area contributed by atoms with E-state index in [9.17, 15) is 4.79 Å². The summed E-state index contributed by atoms with van der Waals surface area (Å²) < 4.78 is 7.56. The molecule has 5 nitrogen and oxygen atoms in total. The number of ether oxygens (including phenoxy) is 1. The van der Waals surface area contributed by atoms with Crippen LogP contribution in [0.1, 0.15) is 49.7 Å². The van der Waals surface area contributed by atoms with Crippen molar-refractivity contribution in [3.05, 3.63) is 58.5 Å². The van der Waals surface area contributed by atoms with E-state index in [0.29, 0.717) is 18.1 Å². The maximum Gasteiger partial charge on any atom is 0.363 e. The normalized spacial score (nSPS) is 33.2. The van der Waals surface area contributed by atoms with Crippen LogP contribution in [-0.4, -0.2) is 21.6 Å². The minimum Gasteiger partial charge on any atom is -0.406 e. The molecule has 0 radical (unpaired) electrons. The fraction of sp³-hybridized carbons (Fsp3) is 0.458. The third-order valence-corrected chi connectivity index (χ3v) is 7.73. The smallest absolute Gasteiger partial charge is 0.363 e. The lowest BCUT2D eigenvalue weighted by atomic mass is 9.49. The van der Waals surface area contributed by atoms with Crippen LogP contribution in [0, 0.1) is 23.2 Å². The largest absolute Gasteiger partial charge is 0.406 e. The molecule has 154 valence electrons. The van der Waals surface area contributed by atoms with E-state index in [1.54, 1.807) is 12.3 Å². The van der Waals surface area contributed by atoms with Crippen molar-refractivity contribution in [3.63, 3.8) is 0 Å². The molecule has 1 aromatic carbocycles. The Labute approximate surface area is 180 Å². The zero-order chi connectivity index (χ0) is 20.3. The molecular weight excluding hydrogens is 398 g/mol. The van der Waals surface area contributed by atoms with Crippen molar-refractivity contribution in [2.75, 3.05) is 0 Å². The van der Waals surface area contributed by atoms with Gasteiger partial charge in [0.05, 0.1) is 12.7 Å². The SMILES string of the molecule is O=C1OC(C23CC4CC(CC(C4)C2)C3)=NC1=Cc1cnn(Cc2ccccc2Cl)c1. The minimum absolute atomic E-state index is 0.00571. The average molecular weight is 422 g/mol. The summed E-state index contributed by atoms with van der Waals surface area (Å²) in [6.07, 6.45) is 12.9. The second kappa shape index (κ2) is 6.81. The van der Waals surface area contributed by atoms with E-state index >= 15 is 0 Å². The van der Waals surface area contributed by atoms with Crippen molar-refractivity contribution in [1.29, 1.82) is 0 Å². The van der Waals surface area contributed by atoms with E-state index in [-0.39, 0.29) is 11.4 Å². The number of hydrogen-bond donors (Lipinski definition) is 0. The molecule has 0 amide bonds. The predicted octanol–water partition coefficient (Wildman–Crippen LogP) is 5.10.